The number of rotatable bonds is 5. The van der Waals surface area contributed by atoms with E-state index in [1.165, 1.54) is 6.33 Å². The van der Waals surface area contributed by atoms with E-state index in [-0.39, 0.29) is 5.56 Å². The summed E-state index contributed by atoms with van der Waals surface area (Å²) in [6.45, 7) is 2.42. The van der Waals surface area contributed by atoms with Crippen LogP contribution in [0.1, 0.15) is 31.7 Å². The molecule has 2 N–H and O–H groups in total. The molecule has 0 atom stereocenters. The lowest BCUT2D eigenvalue weighted by Gasteiger charge is -2.42. The van der Waals surface area contributed by atoms with Crippen LogP contribution in [0.4, 0.5) is 4.79 Å². The van der Waals surface area contributed by atoms with Crippen LogP contribution in [-0.4, -0.2) is 20.8 Å². The molecule has 0 unspecified atom stereocenters. The lowest BCUT2D eigenvalue weighted by atomic mass is 9.72. The number of furan rings is 1. The molecule has 1 fully saturated rings. The summed E-state index contributed by atoms with van der Waals surface area (Å²) >= 11 is 0. The summed E-state index contributed by atoms with van der Waals surface area (Å²) in [6.07, 6.45) is 3.03. The van der Waals surface area contributed by atoms with Crippen molar-refractivity contribution in [3.8, 4) is 22.5 Å². The van der Waals surface area contributed by atoms with Crippen molar-refractivity contribution in [1.29, 1.82) is 0 Å². The third kappa shape index (κ3) is 3.17. The molecule has 2 aromatic carbocycles. The average molecular weight is 429 g/mol. The number of amides is 1. The molecule has 1 amide bonds. The van der Waals surface area contributed by atoms with Gasteiger partial charge in [-0.1, -0.05) is 54.6 Å². The number of aromatic nitrogens is 2. The van der Waals surface area contributed by atoms with Crippen molar-refractivity contribution in [3.63, 3.8) is 0 Å². The van der Waals surface area contributed by atoms with E-state index in [1.54, 1.807) is 4.57 Å². The number of carbonyl (C=O) groups is 1. The molecule has 1 aliphatic rings. The van der Waals surface area contributed by atoms with Gasteiger partial charge in [-0.05, 0) is 37.3 Å². The first-order valence-corrected chi connectivity index (χ1v) is 10.7. The maximum absolute atomic E-state index is 13.1. The summed E-state index contributed by atoms with van der Waals surface area (Å²) < 4.78 is 7.68. The second-order valence-corrected chi connectivity index (χ2v) is 8.13. The molecule has 7 heteroatoms. The Morgan fingerprint density at radius 1 is 1.12 bits per heavy atom. The van der Waals surface area contributed by atoms with Crippen LogP contribution in [0.15, 0.2) is 70.1 Å². The highest BCUT2D eigenvalue weighted by atomic mass is 16.4. The summed E-state index contributed by atoms with van der Waals surface area (Å²) in [5, 5.41) is 12.4. The van der Waals surface area contributed by atoms with Gasteiger partial charge in [0.05, 0.1) is 5.54 Å². The van der Waals surface area contributed by atoms with Gasteiger partial charge in [-0.25, -0.2) is 9.78 Å². The van der Waals surface area contributed by atoms with E-state index in [2.05, 4.69) is 10.3 Å². The fourth-order valence-corrected chi connectivity index (χ4v) is 4.50. The minimum Gasteiger partial charge on any atom is -0.465 e. The van der Waals surface area contributed by atoms with Crippen LogP contribution in [0.2, 0.25) is 0 Å². The van der Waals surface area contributed by atoms with Gasteiger partial charge in [0.1, 0.15) is 17.5 Å². The van der Waals surface area contributed by atoms with Gasteiger partial charge in [-0.3, -0.25) is 9.36 Å². The quantitative estimate of drug-likeness (QED) is 0.466. The van der Waals surface area contributed by atoms with E-state index in [9.17, 15) is 14.7 Å². The highest BCUT2D eigenvalue weighted by Gasteiger charge is 2.40. The number of carboxylic acid groups (broad SMARTS) is 1. The zero-order chi connectivity index (χ0) is 22.3. The van der Waals surface area contributed by atoms with Gasteiger partial charge in [0.2, 0.25) is 5.71 Å². The van der Waals surface area contributed by atoms with Gasteiger partial charge in [0, 0.05) is 17.7 Å². The van der Waals surface area contributed by atoms with Crippen LogP contribution < -0.4 is 10.9 Å². The molecule has 0 saturated heterocycles. The van der Waals surface area contributed by atoms with Crippen LogP contribution in [0.3, 0.4) is 0 Å². The highest BCUT2D eigenvalue weighted by Crippen LogP contribution is 2.43. The molecule has 0 aliphatic heterocycles. The molecule has 0 bridgehead atoms. The maximum atomic E-state index is 13.1. The van der Waals surface area contributed by atoms with E-state index in [0.717, 1.165) is 41.5 Å². The maximum Gasteiger partial charge on any atom is 0.405 e. The normalized spacial score (nSPS) is 14.8. The van der Waals surface area contributed by atoms with Crippen molar-refractivity contribution in [1.82, 2.24) is 14.9 Å². The van der Waals surface area contributed by atoms with Gasteiger partial charge in [0.15, 0.2) is 0 Å². The van der Waals surface area contributed by atoms with Crippen molar-refractivity contribution in [2.75, 3.05) is 0 Å². The number of aryl methyl sites for hydroxylation is 1. The Morgan fingerprint density at radius 2 is 1.84 bits per heavy atom. The predicted octanol–water partition coefficient (Wildman–Crippen LogP) is 4.99. The zero-order valence-electron chi connectivity index (χ0n) is 17.7. The summed E-state index contributed by atoms with van der Waals surface area (Å²) in [5.74, 6) is 0.574. The Bertz CT molecular complexity index is 1350. The number of benzene rings is 2. The summed E-state index contributed by atoms with van der Waals surface area (Å²) in [4.78, 5) is 28.8. The number of hydrogen-bond acceptors (Lipinski definition) is 4. The largest absolute Gasteiger partial charge is 0.465 e. The van der Waals surface area contributed by atoms with Crippen LogP contribution in [-0.2, 0) is 12.1 Å². The zero-order valence-corrected chi connectivity index (χ0v) is 17.7. The molecule has 0 spiro atoms. The van der Waals surface area contributed by atoms with Gasteiger partial charge in [0.25, 0.3) is 5.56 Å². The fourth-order valence-electron chi connectivity index (χ4n) is 4.50. The third-order valence-electron chi connectivity index (χ3n) is 6.33. The molecule has 0 radical (unpaired) electrons. The number of nitrogens with zero attached hydrogens (tertiary/aromatic N) is 2. The standard InChI is InChI=1S/C25H23N3O4/c1-2-28-15-26-22-20(23(28)29)19(16-7-4-3-5-8-16)21(32-22)17-9-11-18(12-10-17)25(13-6-14-25)27-24(30)31/h3-5,7-12,15,27H,2,6,13-14H2,1H3,(H,30,31). The molecule has 162 valence electrons. The Kier molecular flexibility index (Phi) is 4.81. The number of nitrogens with one attached hydrogen (secondary N) is 1. The minimum atomic E-state index is -1.02. The highest BCUT2D eigenvalue weighted by molar-refractivity contribution is 5.99. The van der Waals surface area contributed by atoms with Crippen molar-refractivity contribution in [2.24, 2.45) is 0 Å². The summed E-state index contributed by atoms with van der Waals surface area (Å²) in [7, 11) is 0. The first-order chi connectivity index (χ1) is 15.5. The second-order valence-electron chi connectivity index (χ2n) is 8.13. The van der Waals surface area contributed by atoms with E-state index < -0.39 is 11.6 Å². The molecular formula is C25H23N3O4. The fraction of sp³-hybridized carbons (Fsp3) is 0.240. The van der Waals surface area contributed by atoms with Crippen LogP contribution in [0.5, 0.6) is 0 Å². The lowest BCUT2D eigenvalue weighted by Crippen LogP contribution is -2.50. The predicted molar refractivity (Wildman–Crippen MR) is 122 cm³/mol. The van der Waals surface area contributed by atoms with Crippen molar-refractivity contribution in [3.05, 3.63) is 76.8 Å². The topological polar surface area (TPSA) is 97.4 Å². The Hall–Kier alpha value is -3.87. The van der Waals surface area contributed by atoms with E-state index in [0.29, 0.717) is 23.4 Å². The molecule has 2 heterocycles. The molecular weight excluding hydrogens is 406 g/mol. The average Bonchev–Trinajstić information content (AvgIpc) is 3.18. The van der Waals surface area contributed by atoms with E-state index in [1.807, 2.05) is 61.5 Å². The van der Waals surface area contributed by atoms with Crippen molar-refractivity contribution in [2.45, 2.75) is 38.3 Å². The summed E-state index contributed by atoms with van der Waals surface area (Å²) in [5.41, 5.74) is 2.97. The lowest BCUT2D eigenvalue weighted by molar-refractivity contribution is 0.144. The minimum absolute atomic E-state index is 0.137. The van der Waals surface area contributed by atoms with Gasteiger partial charge in [-0.2, -0.15) is 0 Å². The Labute approximate surface area is 184 Å². The summed E-state index contributed by atoms with van der Waals surface area (Å²) in [6, 6.07) is 17.4. The third-order valence-corrected chi connectivity index (χ3v) is 6.33. The van der Waals surface area contributed by atoms with Gasteiger partial charge in [-0.15, -0.1) is 0 Å². The van der Waals surface area contributed by atoms with E-state index in [4.69, 9.17) is 4.42 Å². The van der Waals surface area contributed by atoms with Crippen LogP contribution in [0.25, 0.3) is 33.6 Å². The first-order valence-electron chi connectivity index (χ1n) is 10.7. The molecule has 2 aromatic heterocycles. The van der Waals surface area contributed by atoms with Crippen LogP contribution in [0, 0.1) is 0 Å². The molecule has 32 heavy (non-hydrogen) atoms. The Balaban J connectivity index is 1.67. The van der Waals surface area contributed by atoms with Gasteiger partial charge >= 0.3 is 6.09 Å². The van der Waals surface area contributed by atoms with Crippen LogP contribution >= 0.6 is 0 Å². The second kappa shape index (κ2) is 7.67. The molecule has 1 aliphatic carbocycles. The van der Waals surface area contributed by atoms with Crippen molar-refractivity contribution < 1.29 is 14.3 Å². The molecule has 5 rings (SSSR count). The Morgan fingerprint density at radius 3 is 2.44 bits per heavy atom. The van der Waals surface area contributed by atoms with E-state index >= 15 is 0 Å². The number of fused-ring (bicyclic) bond motifs is 1. The molecule has 1 saturated carbocycles. The molecule has 4 aromatic rings. The SMILES string of the molecule is CCn1cnc2oc(-c3ccc(C4(NC(=O)O)CCC4)cc3)c(-c3ccccc3)c2c1=O. The first kappa shape index (κ1) is 20.1. The van der Waals surface area contributed by atoms with Crippen molar-refractivity contribution >= 4 is 17.2 Å². The molecule has 7 nitrogen and oxygen atoms in total. The van der Waals surface area contributed by atoms with Gasteiger partial charge < -0.3 is 14.8 Å². The smallest absolute Gasteiger partial charge is 0.405 e. The monoisotopic (exact) mass is 429 g/mol. The number of hydrogen-bond donors (Lipinski definition) is 2.